The van der Waals surface area contributed by atoms with E-state index < -0.39 is 6.10 Å². The van der Waals surface area contributed by atoms with E-state index in [0.717, 1.165) is 5.56 Å². The van der Waals surface area contributed by atoms with Gasteiger partial charge in [-0.25, -0.2) is 9.18 Å². The molecule has 0 aromatic heterocycles. The molecule has 0 aliphatic carbocycles. The number of hydrogen-bond donors (Lipinski definition) is 0. The third-order valence-electron chi connectivity index (χ3n) is 2.94. The summed E-state index contributed by atoms with van der Waals surface area (Å²) in [4.78, 5) is 13.8. The zero-order valence-electron chi connectivity index (χ0n) is 12.2. The van der Waals surface area contributed by atoms with Gasteiger partial charge < -0.3 is 9.64 Å². The molecule has 19 heavy (non-hydrogen) atoms. The molecule has 1 aromatic carbocycles. The average Bonchev–Trinajstić information content (AvgIpc) is 2.28. The van der Waals surface area contributed by atoms with E-state index in [1.165, 1.54) is 12.1 Å². The van der Waals surface area contributed by atoms with Gasteiger partial charge in [-0.3, -0.25) is 0 Å². The number of rotatable bonds is 4. The van der Waals surface area contributed by atoms with E-state index in [0.29, 0.717) is 0 Å². The molecule has 0 spiro atoms. The van der Waals surface area contributed by atoms with Crippen LogP contribution >= 0.6 is 0 Å². The first-order valence-electron chi connectivity index (χ1n) is 6.57. The zero-order chi connectivity index (χ0) is 14.6. The number of halogens is 1. The Balaban J connectivity index is 2.72. The van der Waals surface area contributed by atoms with Crippen molar-refractivity contribution >= 4 is 6.09 Å². The largest absolute Gasteiger partial charge is 0.442 e. The fraction of sp³-hybridized carbons (Fsp3) is 0.533. The average molecular weight is 267 g/mol. The molecule has 1 atom stereocenters. The summed E-state index contributed by atoms with van der Waals surface area (Å²) in [6.07, 6.45) is -0.741. The lowest BCUT2D eigenvalue weighted by Crippen LogP contribution is -2.42. The molecule has 3 nitrogen and oxygen atoms in total. The number of benzene rings is 1. The molecule has 1 rings (SSSR count). The summed E-state index contributed by atoms with van der Waals surface area (Å²) in [5.41, 5.74) is 0.780. The van der Waals surface area contributed by atoms with Crippen molar-refractivity contribution in [2.45, 2.75) is 52.8 Å². The first kappa shape index (κ1) is 15.5. The van der Waals surface area contributed by atoms with Crippen molar-refractivity contribution in [3.63, 3.8) is 0 Å². The predicted octanol–water partition coefficient (Wildman–Crippen LogP) is 4.14. The van der Waals surface area contributed by atoms with E-state index in [1.807, 2.05) is 27.7 Å². The highest BCUT2D eigenvalue weighted by atomic mass is 19.1. The molecule has 4 heteroatoms. The van der Waals surface area contributed by atoms with Crippen LogP contribution in [0, 0.1) is 5.82 Å². The van der Waals surface area contributed by atoms with Gasteiger partial charge in [-0.15, -0.1) is 0 Å². The van der Waals surface area contributed by atoms with E-state index in [9.17, 15) is 9.18 Å². The van der Waals surface area contributed by atoms with Crippen LogP contribution in [0.5, 0.6) is 0 Å². The Bertz CT molecular complexity index is 407. The lowest BCUT2D eigenvalue weighted by Gasteiger charge is -2.31. The first-order valence-corrected chi connectivity index (χ1v) is 6.57. The second-order valence-electron chi connectivity index (χ2n) is 5.17. The molecule has 0 radical (unpaired) electrons. The molecule has 0 fully saturated rings. The van der Waals surface area contributed by atoms with E-state index in [-0.39, 0.29) is 24.0 Å². The van der Waals surface area contributed by atoms with E-state index in [4.69, 9.17) is 4.74 Å². The van der Waals surface area contributed by atoms with Crippen LogP contribution in [-0.4, -0.2) is 23.1 Å². The maximum Gasteiger partial charge on any atom is 0.410 e. The lowest BCUT2D eigenvalue weighted by atomic mass is 10.1. The van der Waals surface area contributed by atoms with Crippen LogP contribution in [0.25, 0.3) is 0 Å². The highest BCUT2D eigenvalue weighted by Gasteiger charge is 2.23. The second kappa shape index (κ2) is 6.55. The Hall–Kier alpha value is -1.58. The smallest absolute Gasteiger partial charge is 0.410 e. The molecular formula is C15H22FNO2. The van der Waals surface area contributed by atoms with Crippen molar-refractivity contribution < 1.29 is 13.9 Å². The summed E-state index contributed by atoms with van der Waals surface area (Å²) in [6, 6.07) is 6.14. The molecule has 0 bridgehead atoms. The minimum atomic E-state index is -0.395. The van der Waals surface area contributed by atoms with Gasteiger partial charge in [-0.2, -0.15) is 0 Å². The van der Waals surface area contributed by atoms with Crippen molar-refractivity contribution in [2.24, 2.45) is 0 Å². The first-order chi connectivity index (χ1) is 8.82. The van der Waals surface area contributed by atoms with Crippen molar-refractivity contribution in [3.05, 3.63) is 35.6 Å². The molecule has 0 saturated carbocycles. The van der Waals surface area contributed by atoms with Crippen molar-refractivity contribution in [2.75, 3.05) is 0 Å². The molecule has 0 aliphatic heterocycles. The van der Waals surface area contributed by atoms with Gasteiger partial charge in [0.15, 0.2) is 0 Å². The molecule has 0 aliphatic rings. The van der Waals surface area contributed by atoms with Crippen LogP contribution in [0.15, 0.2) is 24.3 Å². The Labute approximate surface area is 114 Å². The number of nitrogens with zero attached hydrogens (tertiary/aromatic N) is 1. The van der Waals surface area contributed by atoms with Gasteiger partial charge >= 0.3 is 6.09 Å². The van der Waals surface area contributed by atoms with Crippen molar-refractivity contribution in [1.29, 1.82) is 0 Å². The Morgan fingerprint density at radius 1 is 1.05 bits per heavy atom. The van der Waals surface area contributed by atoms with Crippen molar-refractivity contribution in [3.8, 4) is 0 Å². The second-order valence-corrected chi connectivity index (χ2v) is 5.17. The normalized spacial score (nSPS) is 12.6. The minimum absolute atomic E-state index is 0.0768. The van der Waals surface area contributed by atoms with Crippen LogP contribution in [0.1, 0.15) is 46.3 Å². The van der Waals surface area contributed by atoms with Gasteiger partial charge in [0.25, 0.3) is 0 Å². The van der Waals surface area contributed by atoms with Gasteiger partial charge in [0.1, 0.15) is 11.9 Å². The predicted molar refractivity (Wildman–Crippen MR) is 73.4 cm³/mol. The minimum Gasteiger partial charge on any atom is -0.442 e. The van der Waals surface area contributed by atoms with Gasteiger partial charge in [-0.1, -0.05) is 12.1 Å². The summed E-state index contributed by atoms with van der Waals surface area (Å²) >= 11 is 0. The number of ether oxygens (including phenoxy) is 1. The van der Waals surface area contributed by atoms with Gasteiger partial charge in [0.05, 0.1) is 0 Å². The quantitative estimate of drug-likeness (QED) is 0.820. The number of carbonyl (C=O) groups excluding carboxylic acids is 1. The van der Waals surface area contributed by atoms with Crippen LogP contribution in [0.4, 0.5) is 9.18 Å². The topological polar surface area (TPSA) is 29.5 Å². The fourth-order valence-electron chi connectivity index (χ4n) is 2.03. The molecule has 0 heterocycles. The van der Waals surface area contributed by atoms with Gasteiger partial charge in [0.2, 0.25) is 0 Å². The van der Waals surface area contributed by atoms with Gasteiger partial charge in [-0.05, 0) is 52.3 Å². The summed E-state index contributed by atoms with van der Waals surface area (Å²) in [5, 5.41) is 0. The molecular weight excluding hydrogens is 245 g/mol. The Morgan fingerprint density at radius 2 is 1.53 bits per heavy atom. The molecule has 1 amide bonds. The van der Waals surface area contributed by atoms with Gasteiger partial charge in [0, 0.05) is 12.1 Å². The SMILES string of the molecule is CC(OC(=O)N(C(C)C)C(C)C)c1ccc(F)cc1. The number of carbonyl (C=O) groups is 1. The molecule has 106 valence electrons. The number of amides is 1. The maximum absolute atomic E-state index is 12.8. The fourth-order valence-corrected chi connectivity index (χ4v) is 2.03. The zero-order valence-corrected chi connectivity index (χ0v) is 12.2. The molecule has 1 aromatic rings. The summed E-state index contributed by atoms with van der Waals surface area (Å²) < 4.78 is 18.3. The Morgan fingerprint density at radius 3 is 1.95 bits per heavy atom. The molecule has 0 saturated heterocycles. The third-order valence-corrected chi connectivity index (χ3v) is 2.94. The summed E-state index contributed by atoms with van der Waals surface area (Å²) in [7, 11) is 0. The summed E-state index contributed by atoms with van der Waals surface area (Å²) in [5.74, 6) is -0.298. The van der Waals surface area contributed by atoms with Crippen LogP contribution < -0.4 is 0 Å². The summed E-state index contributed by atoms with van der Waals surface area (Å²) in [6.45, 7) is 9.57. The highest BCUT2D eigenvalue weighted by molar-refractivity contribution is 5.68. The molecule has 0 N–H and O–H groups in total. The van der Waals surface area contributed by atoms with E-state index in [2.05, 4.69) is 0 Å². The number of hydrogen-bond acceptors (Lipinski definition) is 2. The monoisotopic (exact) mass is 267 g/mol. The van der Waals surface area contributed by atoms with Crippen LogP contribution in [0.3, 0.4) is 0 Å². The van der Waals surface area contributed by atoms with Crippen LogP contribution in [0.2, 0.25) is 0 Å². The maximum atomic E-state index is 12.8. The third kappa shape index (κ3) is 4.23. The molecule has 1 unspecified atom stereocenters. The Kier molecular flexibility index (Phi) is 5.33. The lowest BCUT2D eigenvalue weighted by molar-refractivity contribution is 0.0511. The highest BCUT2D eigenvalue weighted by Crippen LogP contribution is 2.19. The standard InChI is InChI=1S/C15H22FNO2/c1-10(2)17(11(3)4)15(18)19-12(5)13-6-8-14(16)9-7-13/h6-12H,1-5H3. The van der Waals surface area contributed by atoms with E-state index in [1.54, 1.807) is 24.0 Å². The van der Waals surface area contributed by atoms with Crippen LogP contribution in [-0.2, 0) is 4.74 Å². The van der Waals surface area contributed by atoms with Crippen molar-refractivity contribution in [1.82, 2.24) is 4.90 Å². The van der Waals surface area contributed by atoms with E-state index >= 15 is 0 Å².